The summed E-state index contributed by atoms with van der Waals surface area (Å²) in [6, 6.07) is 7.72. The van der Waals surface area contributed by atoms with Crippen molar-refractivity contribution in [1.29, 1.82) is 0 Å². The Bertz CT molecular complexity index is 691. The molecule has 3 aliphatic rings. The average Bonchev–Trinajstić information content (AvgIpc) is 3.01. The van der Waals surface area contributed by atoms with Crippen molar-refractivity contribution in [2.45, 2.75) is 18.9 Å². The van der Waals surface area contributed by atoms with Gasteiger partial charge in [-0.3, -0.25) is 9.59 Å². The van der Waals surface area contributed by atoms with Gasteiger partial charge in [0.1, 0.15) is 0 Å². The molecule has 0 unspecified atom stereocenters. The summed E-state index contributed by atoms with van der Waals surface area (Å²) in [5.74, 6) is 0.496. The van der Waals surface area contributed by atoms with E-state index in [9.17, 15) is 4.79 Å². The number of piperidine rings is 3. The molecular formula is C16H19N3O4. The standard InChI is InChI=1S/C15H17N3O2.CH2O2/c19-15(14-11-3-1-2-4-13(11)20-17-14)16-12-9-18-7-5-10(12)6-8-18;2-1-3/h1-4,10,12H,5-9H2,(H,16,19);1H,(H,2,3)/t12-;/m0./s1. The van der Waals surface area contributed by atoms with Crippen LogP contribution >= 0.6 is 0 Å². The van der Waals surface area contributed by atoms with Gasteiger partial charge in [-0.05, 0) is 44.0 Å². The molecule has 1 aromatic carbocycles. The molecule has 1 amide bonds. The van der Waals surface area contributed by atoms with Gasteiger partial charge in [0, 0.05) is 12.6 Å². The maximum Gasteiger partial charge on any atom is 0.290 e. The van der Waals surface area contributed by atoms with Gasteiger partial charge in [-0.25, -0.2) is 0 Å². The number of carbonyl (C=O) groups excluding carboxylic acids is 1. The zero-order valence-electron chi connectivity index (χ0n) is 12.6. The Balaban J connectivity index is 0.000000485. The number of amides is 1. The van der Waals surface area contributed by atoms with Crippen molar-refractivity contribution in [3.8, 4) is 0 Å². The number of rotatable bonds is 2. The fraction of sp³-hybridized carbons (Fsp3) is 0.438. The summed E-state index contributed by atoms with van der Waals surface area (Å²) < 4.78 is 5.20. The van der Waals surface area contributed by atoms with Gasteiger partial charge >= 0.3 is 0 Å². The average molecular weight is 317 g/mol. The van der Waals surface area contributed by atoms with Gasteiger partial charge in [-0.2, -0.15) is 0 Å². The first-order valence-electron chi connectivity index (χ1n) is 7.68. The number of hydrogen-bond donors (Lipinski definition) is 2. The van der Waals surface area contributed by atoms with E-state index in [2.05, 4.69) is 15.4 Å². The van der Waals surface area contributed by atoms with Crippen LogP contribution in [0.4, 0.5) is 0 Å². The molecule has 1 aromatic heterocycles. The van der Waals surface area contributed by atoms with Crippen LogP contribution in [0.1, 0.15) is 23.3 Å². The molecule has 2 aromatic rings. The molecule has 2 bridgehead atoms. The third-order valence-electron chi connectivity index (χ3n) is 4.57. The molecule has 7 heteroatoms. The van der Waals surface area contributed by atoms with E-state index in [0.717, 1.165) is 11.9 Å². The van der Waals surface area contributed by atoms with Gasteiger partial charge in [0.2, 0.25) is 0 Å². The van der Waals surface area contributed by atoms with E-state index in [1.807, 2.05) is 24.3 Å². The van der Waals surface area contributed by atoms with Crippen molar-refractivity contribution in [1.82, 2.24) is 15.4 Å². The first-order chi connectivity index (χ1) is 11.2. The normalized spacial score (nSPS) is 25.5. The highest BCUT2D eigenvalue weighted by molar-refractivity contribution is 6.04. The minimum atomic E-state index is -0.250. The second-order valence-electron chi connectivity index (χ2n) is 5.85. The van der Waals surface area contributed by atoms with Crippen molar-refractivity contribution in [3.63, 3.8) is 0 Å². The molecule has 122 valence electrons. The summed E-state index contributed by atoms with van der Waals surface area (Å²) in [6.45, 7) is 3.06. The van der Waals surface area contributed by atoms with E-state index in [1.54, 1.807) is 0 Å². The van der Waals surface area contributed by atoms with Crippen LogP contribution in [0.25, 0.3) is 11.0 Å². The fourth-order valence-electron chi connectivity index (χ4n) is 3.41. The molecule has 23 heavy (non-hydrogen) atoms. The lowest BCUT2D eigenvalue weighted by molar-refractivity contribution is -0.122. The van der Waals surface area contributed by atoms with Gasteiger partial charge in [0.25, 0.3) is 12.4 Å². The summed E-state index contributed by atoms with van der Waals surface area (Å²) in [5, 5.41) is 14.7. The van der Waals surface area contributed by atoms with E-state index >= 15 is 0 Å². The highest BCUT2D eigenvalue weighted by atomic mass is 16.5. The van der Waals surface area contributed by atoms with Crippen molar-refractivity contribution >= 4 is 23.3 Å². The predicted molar refractivity (Wildman–Crippen MR) is 83.1 cm³/mol. The van der Waals surface area contributed by atoms with Crippen LogP contribution in [0.3, 0.4) is 0 Å². The minimum absolute atomic E-state index is 0.117. The summed E-state index contributed by atoms with van der Waals surface area (Å²) in [6.07, 6.45) is 2.37. The summed E-state index contributed by atoms with van der Waals surface area (Å²) in [4.78, 5) is 23.2. The Morgan fingerprint density at radius 3 is 2.70 bits per heavy atom. The SMILES string of the molecule is O=C(N[C@H]1CN2CCC1CC2)c1noc2ccccc12.O=CO. The second-order valence-corrected chi connectivity index (χ2v) is 5.85. The van der Waals surface area contributed by atoms with E-state index in [0.29, 0.717) is 17.2 Å². The zero-order valence-corrected chi connectivity index (χ0v) is 12.6. The summed E-state index contributed by atoms with van der Waals surface area (Å²) in [5.41, 5.74) is 1.06. The van der Waals surface area contributed by atoms with Crippen LogP contribution in [-0.4, -0.2) is 53.2 Å². The van der Waals surface area contributed by atoms with Crippen molar-refractivity contribution in [3.05, 3.63) is 30.0 Å². The number of fused-ring (bicyclic) bond motifs is 4. The molecule has 3 fully saturated rings. The Morgan fingerprint density at radius 2 is 2.04 bits per heavy atom. The van der Waals surface area contributed by atoms with Gasteiger partial charge in [0.05, 0.1) is 5.39 Å². The number of benzene rings is 1. The molecule has 1 atom stereocenters. The lowest BCUT2D eigenvalue weighted by Crippen LogP contribution is -2.57. The molecule has 5 rings (SSSR count). The number of hydrogen-bond acceptors (Lipinski definition) is 5. The van der Waals surface area contributed by atoms with Crippen LogP contribution in [0, 0.1) is 5.92 Å². The highest BCUT2D eigenvalue weighted by Gasteiger charge is 2.35. The number of carboxylic acid groups (broad SMARTS) is 1. The molecule has 0 aliphatic carbocycles. The molecule has 3 saturated heterocycles. The number of para-hydroxylation sites is 1. The Hall–Kier alpha value is -2.41. The quantitative estimate of drug-likeness (QED) is 0.812. The Morgan fingerprint density at radius 1 is 1.35 bits per heavy atom. The first kappa shape index (κ1) is 15.5. The molecule has 0 radical (unpaired) electrons. The maximum atomic E-state index is 12.4. The lowest BCUT2D eigenvalue weighted by Gasteiger charge is -2.44. The fourth-order valence-corrected chi connectivity index (χ4v) is 3.41. The van der Waals surface area contributed by atoms with E-state index in [-0.39, 0.29) is 18.4 Å². The van der Waals surface area contributed by atoms with Crippen molar-refractivity contribution < 1.29 is 19.2 Å². The van der Waals surface area contributed by atoms with E-state index < -0.39 is 0 Å². The Labute approximate surface area is 133 Å². The van der Waals surface area contributed by atoms with Gasteiger partial charge in [-0.15, -0.1) is 0 Å². The van der Waals surface area contributed by atoms with E-state index in [4.69, 9.17) is 14.4 Å². The predicted octanol–water partition coefficient (Wildman–Crippen LogP) is 1.35. The zero-order chi connectivity index (χ0) is 16.2. The largest absolute Gasteiger partial charge is 0.483 e. The van der Waals surface area contributed by atoms with Crippen LogP contribution in [0.5, 0.6) is 0 Å². The number of nitrogens with one attached hydrogen (secondary N) is 1. The third-order valence-corrected chi connectivity index (χ3v) is 4.57. The molecular weight excluding hydrogens is 298 g/mol. The molecule has 0 saturated carbocycles. The van der Waals surface area contributed by atoms with E-state index in [1.165, 1.54) is 25.9 Å². The van der Waals surface area contributed by atoms with Crippen LogP contribution in [0.2, 0.25) is 0 Å². The second kappa shape index (κ2) is 6.78. The first-order valence-corrected chi connectivity index (χ1v) is 7.68. The Kier molecular flexibility index (Phi) is 4.57. The number of carbonyl (C=O) groups is 2. The molecule has 7 nitrogen and oxygen atoms in total. The monoisotopic (exact) mass is 317 g/mol. The summed E-state index contributed by atoms with van der Waals surface area (Å²) in [7, 11) is 0. The lowest BCUT2D eigenvalue weighted by atomic mass is 9.84. The molecule has 3 aliphatic heterocycles. The molecule has 2 N–H and O–H groups in total. The third kappa shape index (κ3) is 3.19. The van der Waals surface area contributed by atoms with Crippen molar-refractivity contribution in [2.75, 3.05) is 19.6 Å². The smallest absolute Gasteiger partial charge is 0.290 e. The topological polar surface area (TPSA) is 95.7 Å². The number of nitrogens with zero attached hydrogens (tertiary/aromatic N) is 2. The minimum Gasteiger partial charge on any atom is -0.483 e. The molecule has 0 spiro atoms. The van der Waals surface area contributed by atoms with Crippen LogP contribution < -0.4 is 5.32 Å². The van der Waals surface area contributed by atoms with Crippen molar-refractivity contribution in [2.24, 2.45) is 5.92 Å². The summed E-state index contributed by atoms with van der Waals surface area (Å²) >= 11 is 0. The van der Waals surface area contributed by atoms with Gasteiger partial charge in [-0.1, -0.05) is 17.3 Å². The molecule has 4 heterocycles. The maximum absolute atomic E-state index is 12.4. The van der Waals surface area contributed by atoms with Crippen LogP contribution in [0.15, 0.2) is 28.8 Å². The van der Waals surface area contributed by atoms with Crippen LogP contribution in [-0.2, 0) is 4.79 Å². The van der Waals surface area contributed by atoms with Gasteiger partial charge < -0.3 is 19.8 Å². The van der Waals surface area contributed by atoms with Gasteiger partial charge in [0.15, 0.2) is 11.3 Å². The highest BCUT2D eigenvalue weighted by Crippen LogP contribution is 2.28. The number of aromatic nitrogens is 1.